The molecule has 21 heavy (non-hydrogen) atoms. The molecule has 0 bridgehead atoms. The Bertz CT molecular complexity index is 460. The molecule has 1 fully saturated rings. The van der Waals surface area contributed by atoms with Gasteiger partial charge in [-0.05, 0) is 23.8 Å². The second-order valence-electron chi connectivity index (χ2n) is 6.49. The van der Waals surface area contributed by atoms with E-state index < -0.39 is 0 Å². The molecule has 0 spiro atoms. The molecule has 1 amide bonds. The first-order valence-electron chi connectivity index (χ1n) is 8.13. The predicted molar refractivity (Wildman–Crippen MR) is 87.0 cm³/mol. The lowest BCUT2D eigenvalue weighted by molar-refractivity contribution is -0.135. The summed E-state index contributed by atoms with van der Waals surface area (Å²) in [6, 6.07) is 10.3. The fourth-order valence-corrected chi connectivity index (χ4v) is 3.11. The average molecular weight is 288 g/mol. The molecule has 2 N–H and O–H groups in total. The zero-order valence-electron chi connectivity index (χ0n) is 13.5. The summed E-state index contributed by atoms with van der Waals surface area (Å²) in [4.78, 5) is 15.0. The molecule has 1 aromatic rings. The second-order valence-corrected chi connectivity index (χ2v) is 6.49. The van der Waals surface area contributed by atoms with Crippen LogP contribution in [0.4, 0.5) is 0 Å². The summed E-state index contributed by atoms with van der Waals surface area (Å²) in [6.45, 7) is 8.03. The molecule has 2 rings (SSSR count). The van der Waals surface area contributed by atoms with Crippen LogP contribution in [0.3, 0.4) is 0 Å². The highest BCUT2D eigenvalue weighted by atomic mass is 16.2. The molecular formula is C18H28N2O. The quantitative estimate of drug-likeness (QED) is 0.925. The van der Waals surface area contributed by atoms with E-state index in [-0.39, 0.29) is 17.9 Å². The summed E-state index contributed by atoms with van der Waals surface area (Å²) < 4.78 is 0. The normalized spacial score (nSPS) is 25.4. The van der Waals surface area contributed by atoms with Crippen molar-refractivity contribution >= 4 is 5.91 Å². The van der Waals surface area contributed by atoms with Crippen LogP contribution in [0.15, 0.2) is 30.3 Å². The third-order valence-corrected chi connectivity index (χ3v) is 4.97. The van der Waals surface area contributed by atoms with Crippen molar-refractivity contribution in [2.75, 3.05) is 13.1 Å². The second kappa shape index (κ2) is 7.08. The van der Waals surface area contributed by atoms with E-state index >= 15 is 0 Å². The molecule has 4 atom stereocenters. The van der Waals surface area contributed by atoms with E-state index in [0.717, 1.165) is 24.9 Å². The molecule has 116 valence electrons. The van der Waals surface area contributed by atoms with Gasteiger partial charge < -0.3 is 10.6 Å². The highest BCUT2D eigenvalue weighted by molar-refractivity contribution is 5.84. The molecule has 3 heteroatoms. The van der Waals surface area contributed by atoms with E-state index in [0.29, 0.717) is 18.4 Å². The lowest BCUT2D eigenvalue weighted by Gasteiger charge is -2.38. The lowest BCUT2D eigenvalue weighted by Crippen LogP contribution is -2.51. The van der Waals surface area contributed by atoms with E-state index in [2.05, 4.69) is 32.9 Å². The number of benzene rings is 1. The van der Waals surface area contributed by atoms with Crippen molar-refractivity contribution in [3.05, 3.63) is 35.9 Å². The van der Waals surface area contributed by atoms with Gasteiger partial charge >= 0.3 is 0 Å². The summed E-state index contributed by atoms with van der Waals surface area (Å²) >= 11 is 0. The number of nitrogens with zero attached hydrogens (tertiary/aromatic N) is 1. The first kappa shape index (κ1) is 16.0. The van der Waals surface area contributed by atoms with Gasteiger partial charge in [0.2, 0.25) is 5.91 Å². The Balaban J connectivity index is 2.19. The monoisotopic (exact) mass is 288 g/mol. The standard InChI is InChI=1S/C18H28N2O/c1-4-13(2)17(15-8-6-5-7-9-15)18(21)20-11-10-14(3)16(19)12-20/h5-9,13-14,16-17H,4,10-12,19H2,1-3H3. The van der Waals surface area contributed by atoms with Crippen LogP contribution in [0.25, 0.3) is 0 Å². The van der Waals surface area contributed by atoms with E-state index in [1.165, 1.54) is 0 Å². The van der Waals surface area contributed by atoms with Crippen molar-refractivity contribution in [1.82, 2.24) is 4.90 Å². The zero-order chi connectivity index (χ0) is 15.4. The minimum Gasteiger partial charge on any atom is -0.341 e. The van der Waals surface area contributed by atoms with Crippen LogP contribution in [0.1, 0.15) is 45.1 Å². The van der Waals surface area contributed by atoms with Crippen LogP contribution in [-0.4, -0.2) is 29.9 Å². The topological polar surface area (TPSA) is 46.3 Å². The minimum atomic E-state index is -0.0446. The van der Waals surface area contributed by atoms with Gasteiger partial charge in [0.05, 0.1) is 5.92 Å². The van der Waals surface area contributed by atoms with Gasteiger partial charge in [0, 0.05) is 19.1 Å². The highest BCUT2D eigenvalue weighted by Gasteiger charge is 2.33. The molecule has 1 aliphatic heterocycles. The molecular weight excluding hydrogens is 260 g/mol. The zero-order valence-corrected chi connectivity index (χ0v) is 13.5. The smallest absolute Gasteiger partial charge is 0.230 e. The van der Waals surface area contributed by atoms with Crippen LogP contribution < -0.4 is 5.73 Å². The van der Waals surface area contributed by atoms with Crippen LogP contribution in [0, 0.1) is 11.8 Å². The fourth-order valence-electron chi connectivity index (χ4n) is 3.11. The molecule has 4 unspecified atom stereocenters. The molecule has 0 saturated carbocycles. The number of likely N-dealkylation sites (tertiary alicyclic amines) is 1. The third-order valence-electron chi connectivity index (χ3n) is 4.97. The molecule has 1 heterocycles. The largest absolute Gasteiger partial charge is 0.341 e. The van der Waals surface area contributed by atoms with Crippen LogP contribution >= 0.6 is 0 Å². The number of amides is 1. The summed E-state index contributed by atoms with van der Waals surface area (Å²) in [5.41, 5.74) is 7.29. The molecule has 1 aromatic carbocycles. The predicted octanol–water partition coefficient (Wildman–Crippen LogP) is 3.01. The van der Waals surface area contributed by atoms with Crippen molar-refractivity contribution in [3.63, 3.8) is 0 Å². The maximum Gasteiger partial charge on any atom is 0.230 e. The Hall–Kier alpha value is -1.35. The van der Waals surface area contributed by atoms with Crippen molar-refractivity contribution < 1.29 is 4.79 Å². The van der Waals surface area contributed by atoms with Crippen molar-refractivity contribution in [2.24, 2.45) is 17.6 Å². The van der Waals surface area contributed by atoms with Gasteiger partial charge in [-0.15, -0.1) is 0 Å². The minimum absolute atomic E-state index is 0.0446. The third kappa shape index (κ3) is 3.65. The number of piperidine rings is 1. The summed E-state index contributed by atoms with van der Waals surface area (Å²) in [5, 5.41) is 0. The summed E-state index contributed by atoms with van der Waals surface area (Å²) in [7, 11) is 0. The molecule has 3 nitrogen and oxygen atoms in total. The Morgan fingerprint density at radius 2 is 2.05 bits per heavy atom. The van der Waals surface area contributed by atoms with Gasteiger partial charge in [-0.2, -0.15) is 0 Å². The van der Waals surface area contributed by atoms with Gasteiger partial charge in [-0.3, -0.25) is 4.79 Å². The summed E-state index contributed by atoms with van der Waals surface area (Å²) in [6.07, 6.45) is 2.01. The first-order valence-corrected chi connectivity index (χ1v) is 8.13. The number of carbonyl (C=O) groups excluding carboxylic acids is 1. The van der Waals surface area contributed by atoms with E-state index in [1.807, 2.05) is 23.1 Å². The van der Waals surface area contributed by atoms with Crippen LogP contribution in [-0.2, 0) is 4.79 Å². The molecule has 1 saturated heterocycles. The van der Waals surface area contributed by atoms with Gasteiger partial charge in [-0.1, -0.05) is 57.5 Å². The highest BCUT2D eigenvalue weighted by Crippen LogP contribution is 2.30. The lowest BCUT2D eigenvalue weighted by atomic mass is 9.83. The number of hydrogen-bond acceptors (Lipinski definition) is 2. The van der Waals surface area contributed by atoms with Gasteiger partial charge in [0.15, 0.2) is 0 Å². The number of hydrogen-bond donors (Lipinski definition) is 1. The molecule has 1 aliphatic rings. The Morgan fingerprint density at radius 1 is 1.38 bits per heavy atom. The van der Waals surface area contributed by atoms with Crippen LogP contribution in [0.2, 0.25) is 0 Å². The molecule has 0 radical (unpaired) electrons. The van der Waals surface area contributed by atoms with Gasteiger partial charge in [-0.25, -0.2) is 0 Å². The van der Waals surface area contributed by atoms with Crippen molar-refractivity contribution in [1.29, 1.82) is 0 Å². The Morgan fingerprint density at radius 3 is 2.62 bits per heavy atom. The first-order chi connectivity index (χ1) is 10.0. The van der Waals surface area contributed by atoms with Crippen molar-refractivity contribution in [3.8, 4) is 0 Å². The maximum atomic E-state index is 13.0. The summed E-state index contributed by atoms with van der Waals surface area (Å²) in [5.74, 6) is 1.05. The average Bonchev–Trinajstić information content (AvgIpc) is 2.51. The van der Waals surface area contributed by atoms with Crippen LogP contribution in [0.5, 0.6) is 0 Å². The van der Waals surface area contributed by atoms with E-state index in [1.54, 1.807) is 0 Å². The Labute approximate surface area is 128 Å². The number of nitrogens with two attached hydrogens (primary N) is 1. The van der Waals surface area contributed by atoms with E-state index in [9.17, 15) is 4.79 Å². The molecule has 0 aromatic heterocycles. The maximum absolute atomic E-state index is 13.0. The Kier molecular flexibility index (Phi) is 5.40. The fraction of sp³-hybridized carbons (Fsp3) is 0.611. The number of carbonyl (C=O) groups is 1. The number of rotatable bonds is 4. The van der Waals surface area contributed by atoms with Crippen molar-refractivity contribution in [2.45, 2.75) is 45.6 Å². The molecule has 0 aliphatic carbocycles. The van der Waals surface area contributed by atoms with Gasteiger partial charge in [0.1, 0.15) is 0 Å². The van der Waals surface area contributed by atoms with E-state index in [4.69, 9.17) is 5.73 Å². The van der Waals surface area contributed by atoms with Gasteiger partial charge in [0.25, 0.3) is 0 Å². The SMILES string of the molecule is CCC(C)C(C(=O)N1CCC(C)C(N)C1)c1ccccc1.